The summed E-state index contributed by atoms with van der Waals surface area (Å²) in [5.41, 5.74) is 0.165. The molecule has 0 aromatic carbocycles. The number of piperidine rings is 1. The molecule has 39 heavy (non-hydrogen) atoms. The quantitative estimate of drug-likeness (QED) is 0.436. The van der Waals surface area contributed by atoms with Crippen LogP contribution in [0.25, 0.3) is 0 Å². The Labute approximate surface area is 236 Å². The lowest BCUT2D eigenvalue weighted by molar-refractivity contribution is -0.175. The zero-order valence-electron chi connectivity index (χ0n) is 24.4. The molecule has 1 amide bonds. The van der Waals surface area contributed by atoms with Crippen LogP contribution in [-0.2, 0) is 14.9 Å². The molecule has 0 aromatic heterocycles. The molecule has 4 saturated carbocycles. The van der Waals surface area contributed by atoms with Gasteiger partial charge in [0.25, 0.3) is 0 Å². The molecule has 0 bridgehead atoms. The molecule has 10 atom stereocenters. The van der Waals surface area contributed by atoms with Gasteiger partial charge in [-0.25, -0.2) is 8.42 Å². The first-order valence-corrected chi connectivity index (χ1v) is 17.5. The SMILES string of the molecule is C[C@H](CCC(=O)N1CCC(CCS(=O)(=O)[O-])CC1)[C@H]1CC[C@H]2[C@@H]3CC[C@@H]4C[C@H](O)CC[C@]4(C)[C@H]3C[C@H](O)[C@]12C. The van der Waals surface area contributed by atoms with Gasteiger partial charge in [0.1, 0.15) is 0 Å². The number of carbonyl (C=O) groups is 1. The number of aliphatic hydroxyl groups excluding tert-OH is 2. The number of hydrogen-bond acceptors (Lipinski definition) is 6. The molecule has 4 aliphatic carbocycles. The summed E-state index contributed by atoms with van der Waals surface area (Å²) < 4.78 is 32.8. The topological polar surface area (TPSA) is 118 Å². The zero-order chi connectivity index (χ0) is 28.2. The third-order valence-electron chi connectivity index (χ3n) is 13.1. The van der Waals surface area contributed by atoms with Crippen LogP contribution in [0.2, 0.25) is 0 Å². The molecular formula is C31H52NO6S-. The summed E-state index contributed by atoms with van der Waals surface area (Å²) >= 11 is 0. The van der Waals surface area contributed by atoms with Crippen LogP contribution in [0.1, 0.15) is 104 Å². The Bertz CT molecular complexity index is 995. The second kappa shape index (κ2) is 11.2. The lowest BCUT2D eigenvalue weighted by Crippen LogP contribution is -2.58. The van der Waals surface area contributed by atoms with Crippen LogP contribution < -0.4 is 0 Å². The molecule has 1 saturated heterocycles. The maximum Gasteiger partial charge on any atom is 0.222 e. The number of rotatable bonds is 7. The van der Waals surface area contributed by atoms with Crippen LogP contribution in [0.15, 0.2) is 0 Å². The summed E-state index contributed by atoms with van der Waals surface area (Å²) in [5.74, 6) is 3.28. The monoisotopic (exact) mass is 566 g/mol. The van der Waals surface area contributed by atoms with Crippen LogP contribution in [0.5, 0.6) is 0 Å². The minimum atomic E-state index is -4.17. The number of carbonyl (C=O) groups excluding carboxylic acids is 1. The first kappa shape index (κ1) is 29.8. The molecule has 0 spiro atoms. The Morgan fingerprint density at radius 3 is 2.41 bits per heavy atom. The van der Waals surface area contributed by atoms with Gasteiger partial charge in [0.2, 0.25) is 5.91 Å². The van der Waals surface area contributed by atoms with Crippen molar-refractivity contribution in [2.24, 2.45) is 52.3 Å². The van der Waals surface area contributed by atoms with Gasteiger partial charge in [0.05, 0.1) is 22.3 Å². The Kier molecular flexibility index (Phi) is 8.54. The molecule has 1 aliphatic heterocycles. The third-order valence-corrected chi connectivity index (χ3v) is 13.8. The minimum absolute atomic E-state index is 0.0821. The highest BCUT2D eigenvalue weighted by Gasteiger charge is 2.63. The highest BCUT2D eigenvalue weighted by molar-refractivity contribution is 7.85. The predicted octanol–water partition coefficient (Wildman–Crippen LogP) is 4.57. The predicted molar refractivity (Wildman–Crippen MR) is 149 cm³/mol. The molecule has 5 aliphatic rings. The Morgan fingerprint density at radius 2 is 1.72 bits per heavy atom. The summed E-state index contributed by atoms with van der Waals surface area (Å²) in [7, 11) is -4.17. The standard InChI is InChI=1S/C31H53NO6S/c1-20(4-9-29(35)32-15-11-21(12-16-32)13-17-39(36,37)38)25-7-8-26-24-6-5-22-18-23(33)10-14-30(22,2)27(24)19-28(34)31(25,26)3/h20-28,33-34H,4-19H2,1-3H3,(H,36,37,38)/p-1/t20-,22-,23-,24+,25-,26+,27+,28+,30+,31-/m1/s1. The summed E-state index contributed by atoms with van der Waals surface area (Å²) in [6.07, 6.45) is 11.5. The molecule has 1 heterocycles. The fourth-order valence-corrected chi connectivity index (χ4v) is 11.3. The molecule has 224 valence electrons. The van der Waals surface area contributed by atoms with Crippen LogP contribution in [0, 0.1) is 52.3 Å². The highest BCUT2D eigenvalue weighted by atomic mass is 32.2. The molecule has 8 heteroatoms. The van der Waals surface area contributed by atoms with E-state index >= 15 is 0 Å². The normalized spacial score (nSPS) is 43.8. The maximum atomic E-state index is 13.1. The number of nitrogens with zero attached hydrogens (tertiary/aromatic N) is 1. The van der Waals surface area contributed by atoms with Gasteiger partial charge >= 0.3 is 0 Å². The van der Waals surface area contributed by atoms with Crippen molar-refractivity contribution >= 4 is 16.0 Å². The van der Waals surface area contributed by atoms with E-state index in [1.807, 2.05) is 4.90 Å². The van der Waals surface area contributed by atoms with E-state index in [0.29, 0.717) is 61.4 Å². The molecule has 5 rings (SSSR count). The molecule has 0 aromatic rings. The molecule has 7 nitrogen and oxygen atoms in total. The molecule has 2 N–H and O–H groups in total. The van der Waals surface area contributed by atoms with Gasteiger partial charge < -0.3 is 19.7 Å². The Morgan fingerprint density at radius 1 is 1.00 bits per heavy atom. The van der Waals surface area contributed by atoms with Gasteiger partial charge in [-0.2, -0.15) is 0 Å². The third kappa shape index (κ3) is 5.70. The van der Waals surface area contributed by atoms with Gasteiger partial charge in [0, 0.05) is 25.3 Å². The maximum absolute atomic E-state index is 13.1. The van der Waals surface area contributed by atoms with Crippen molar-refractivity contribution in [3.8, 4) is 0 Å². The highest BCUT2D eigenvalue weighted by Crippen LogP contribution is 2.68. The Balaban J connectivity index is 1.16. The molecule has 5 fully saturated rings. The van der Waals surface area contributed by atoms with Gasteiger partial charge in [0.15, 0.2) is 0 Å². The number of aliphatic hydroxyl groups is 2. The second-order valence-corrected chi connectivity index (χ2v) is 16.3. The van der Waals surface area contributed by atoms with E-state index in [4.69, 9.17) is 0 Å². The van der Waals surface area contributed by atoms with Crippen LogP contribution in [0.4, 0.5) is 0 Å². The van der Waals surface area contributed by atoms with E-state index in [2.05, 4.69) is 20.8 Å². The van der Waals surface area contributed by atoms with Crippen LogP contribution in [-0.4, -0.2) is 65.0 Å². The number of amides is 1. The van der Waals surface area contributed by atoms with Gasteiger partial charge in [-0.1, -0.05) is 20.8 Å². The van der Waals surface area contributed by atoms with Crippen molar-refractivity contribution < 1.29 is 28.0 Å². The zero-order valence-corrected chi connectivity index (χ0v) is 25.2. The molecule has 0 unspecified atom stereocenters. The van der Waals surface area contributed by atoms with E-state index < -0.39 is 10.1 Å². The number of likely N-dealkylation sites (tertiary alicyclic amines) is 1. The van der Waals surface area contributed by atoms with E-state index in [9.17, 15) is 28.0 Å². The second-order valence-electron chi connectivity index (χ2n) is 14.8. The smallest absolute Gasteiger partial charge is 0.222 e. The van der Waals surface area contributed by atoms with Crippen molar-refractivity contribution in [1.29, 1.82) is 0 Å². The Hall–Kier alpha value is -0.700. The van der Waals surface area contributed by atoms with Gasteiger partial charge in [-0.3, -0.25) is 4.79 Å². The summed E-state index contributed by atoms with van der Waals surface area (Å²) in [6.45, 7) is 8.42. The molecule has 0 radical (unpaired) electrons. The first-order chi connectivity index (χ1) is 18.3. The summed E-state index contributed by atoms with van der Waals surface area (Å²) in [4.78, 5) is 15.0. The van der Waals surface area contributed by atoms with Crippen molar-refractivity contribution in [3.05, 3.63) is 0 Å². The fourth-order valence-electron chi connectivity index (χ4n) is 10.7. The summed E-state index contributed by atoms with van der Waals surface area (Å²) in [5, 5.41) is 22.1. The average molecular weight is 567 g/mol. The molecular weight excluding hydrogens is 514 g/mol. The van der Waals surface area contributed by atoms with Gasteiger partial charge in [-0.05, 0) is 129 Å². The number of fused-ring (bicyclic) bond motifs is 5. The van der Waals surface area contributed by atoms with Crippen molar-refractivity contribution in [3.63, 3.8) is 0 Å². The van der Waals surface area contributed by atoms with E-state index in [1.54, 1.807) is 0 Å². The van der Waals surface area contributed by atoms with E-state index in [0.717, 1.165) is 51.4 Å². The van der Waals surface area contributed by atoms with E-state index in [-0.39, 0.29) is 40.6 Å². The van der Waals surface area contributed by atoms with Crippen LogP contribution in [0.3, 0.4) is 0 Å². The van der Waals surface area contributed by atoms with Crippen LogP contribution >= 0.6 is 0 Å². The fraction of sp³-hybridized carbons (Fsp3) is 0.968. The first-order valence-electron chi connectivity index (χ1n) is 15.9. The number of hydrogen-bond donors (Lipinski definition) is 2. The lowest BCUT2D eigenvalue weighted by atomic mass is 9.43. The van der Waals surface area contributed by atoms with Crippen molar-refractivity contribution in [1.82, 2.24) is 4.90 Å². The van der Waals surface area contributed by atoms with Crippen molar-refractivity contribution in [2.75, 3.05) is 18.8 Å². The van der Waals surface area contributed by atoms with E-state index in [1.165, 1.54) is 19.3 Å². The lowest BCUT2D eigenvalue weighted by Gasteiger charge is -2.62. The van der Waals surface area contributed by atoms with Gasteiger partial charge in [-0.15, -0.1) is 0 Å². The van der Waals surface area contributed by atoms with Crippen molar-refractivity contribution in [2.45, 2.75) is 116 Å². The average Bonchev–Trinajstić information content (AvgIpc) is 3.25. The summed E-state index contributed by atoms with van der Waals surface area (Å²) in [6, 6.07) is 0. The largest absolute Gasteiger partial charge is 0.748 e. The minimum Gasteiger partial charge on any atom is -0.748 e.